The number of nitrogens with one attached hydrogen (secondary N) is 2. The van der Waals surface area contributed by atoms with E-state index < -0.39 is 0 Å². The van der Waals surface area contributed by atoms with Crippen molar-refractivity contribution in [1.82, 2.24) is 4.90 Å². The van der Waals surface area contributed by atoms with Crippen LogP contribution in [0.15, 0.2) is 42.5 Å². The van der Waals surface area contributed by atoms with Crippen LogP contribution in [0.4, 0.5) is 11.4 Å². The number of hydrogen-bond donors (Lipinski definition) is 2. The summed E-state index contributed by atoms with van der Waals surface area (Å²) in [6, 6.07) is 13.2. The van der Waals surface area contributed by atoms with E-state index in [1.807, 2.05) is 24.3 Å². The van der Waals surface area contributed by atoms with Crippen molar-refractivity contribution in [1.29, 1.82) is 0 Å². The lowest BCUT2D eigenvalue weighted by molar-refractivity contribution is -0.115. The van der Waals surface area contributed by atoms with E-state index in [1.54, 1.807) is 18.2 Å². The molecular formula is C20H21N3O3. The van der Waals surface area contributed by atoms with E-state index in [9.17, 15) is 9.59 Å². The van der Waals surface area contributed by atoms with Crippen LogP contribution in [0.5, 0.6) is 0 Å². The standard InChI is InChI=1S/C20H21N3O3/c24-19-12-16-11-15(3-6-18(16)22-19)20(25)21-17-4-1-14(2-5-17)13-23-7-9-26-10-8-23/h1-6,11H,7-10,12-13H2,(H,21,25)(H,22,24). The maximum atomic E-state index is 12.5. The molecule has 2 aromatic carbocycles. The summed E-state index contributed by atoms with van der Waals surface area (Å²) in [6.45, 7) is 4.37. The summed E-state index contributed by atoms with van der Waals surface area (Å²) in [6.07, 6.45) is 0.326. The van der Waals surface area contributed by atoms with E-state index in [2.05, 4.69) is 15.5 Å². The lowest BCUT2D eigenvalue weighted by Gasteiger charge is -2.26. The Morgan fingerprint density at radius 2 is 1.88 bits per heavy atom. The number of fused-ring (bicyclic) bond motifs is 1. The molecular weight excluding hydrogens is 330 g/mol. The van der Waals surface area contributed by atoms with Gasteiger partial charge < -0.3 is 15.4 Å². The predicted molar refractivity (Wildman–Crippen MR) is 99.3 cm³/mol. The van der Waals surface area contributed by atoms with Crippen LogP contribution in [-0.2, 0) is 22.5 Å². The molecule has 26 heavy (non-hydrogen) atoms. The van der Waals surface area contributed by atoms with Gasteiger partial charge in [-0.1, -0.05) is 12.1 Å². The number of amides is 2. The molecule has 4 rings (SSSR count). The first kappa shape index (κ1) is 16.8. The van der Waals surface area contributed by atoms with Gasteiger partial charge in [0.05, 0.1) is 19.6 Å². The highest BCUT2D eigenvalue weighted by molar-refractivity contribution is 6.06. The molecule has 0 saturated carbocycles. The van der Waals surface area contributed by atoms with Crippen molar-refractivity contribution in [3.8, 4) is 0 Å². The van der Waals surface area contributed by atoms with Gasteiger partial charge in [-0.25, -0.2) is 0 Å². The van der Waals surface area contributed by atoms with Crippen molar-refractivity contribution in [3.05, 3.63) is 59.2 Å². The zero-order valence-electron chi connectivity index (χ0n) is 14.5. The minimum Gasteiger partial charge on any atom is -0.379 e. The number of carbonyl (C=O) groups excluding carboxylic acids is 2. The molecule has 0 bridgehead atoms. The van der Waals surface area contributed by atoms with Gasteiger partial charge in [-0.05, 0) is 41.5 Å². The maximum absolute atomic E-state index is 12.5. The summed E-state index contributed by atoms with van der Waals surface area (Å²) in [5.41, 5.74) is 4.18. The van der Waals surface area contributed by atoms with E-state index in [4.69, 9.17) is 4.74 Å². The second kappa shape index (κ2) is 7.27. The zero-order chi connectivity index (χ0) is 17.9. The highest BCUT2D eigenvalue weighted by Gasteiger charge is 2.19. The number of morpholine rings is 1. The quantitative estimate of drug-likeness (QED) is 0.886. The topological polar surface area (TPSA) is 70.7 Å². The molecule has 134 valence electrons. The number of nitrogens with zero attached hydrogens (tertiary/aromatic N) is 1. The smallest absolute Gasteiger partial charge is 0.255 e. The van der Waals surface area contributed by atoms with Gasteiger partial charge in [0.25, 0.3) is 5.91 Å². The normalized spacial score (nSPS) is 16.8. The fraction of sp³-hybridized carbons (Fsp3) is 0.300. The largest absolute Gasteiger partial charge is 0.379 e. The summed E-state index contributed by atoms with van der Waals surface area (Å²) in [5.74, 6) is -0.207. The van der Waals surface area contributed by atoms with Crippen molar-refractivity contribution >= 4 is 23.2 Å². The van der Waals surface area contributed by atoms with Gasteiger partial charge in [0.1, 0.15) is 0 Å². The average Bonchev–Trinajstić information content (AvgIpc) is 3.03. The van der Waals surface area contributed by atoms with Crippen molar-refractivity contribution in [3.63, 3.8) is 0 Å². The van der Waals surface area contributed by atoms with E-state index >= 15 is 0 Å². The molecule has 0 aliphatic carbocycles. The zero-order valence-corrected chi connectivity index (χ0v) is 14.5. The van der Waals surface area contributed by atoms with Gasteiger partial charge in [0, 0.05) is 36.6 Å². The average molecular weight is 351 g/mol. The monoisotopic (exact) mass is 351 g/mol. The summed E-state index contributed by atoms with van der Waals surface area (Å²) in [5, 5.41) is 5.68. The van der Waals surface area contributed by atoms with E-state index in [0.29, 0.717) is 12.0 Å². The Bertz CT molecular complexity index is 827. The first-order valence-corrected chi connectivity index (χ1v) is 8.80. The van der Waals surface area contributed by atoms with Crippen LogP contribution in [0.3, 0.4) is 0 Å². The Kier molecular flexibility index (Phi) is 4.69. The number of benzene rings is 2. The molecule has 0 aromatic heterocycles. The summed E-state index contributed by atoms with van der Waals surface area (Å²) in [4.78, 5) is 26.2. The van der Waals surface area contributed by atoms with Crippen LogP contribution in [0.1, 0.15) is 21.5 Å². The summed E-state index contributed by atoms with van der Waals surface area (Å²) in [7, 11) is 0. The fourth-order valence-corrected chi connectivity index (χ4v) is 3.28. The number of ether oxygens (including phenoxy) is 1. The highest BCUT2D eigenvalue weighted by Crippen LogP contribution is 2.24. The molecule has 2 aliphatic rings. The number of rotatable bonds is 4. The van der Waals surface area contributed by atoms with Gasteiger partial charge in [0.15, 0.2) is 0 Å². The second-order valence-electron chi connectivity index (χ2n) is 6.64. The Morgan fingerprint density at radius 3 is 2.65 bits per heavy atom. The molecule has 0 radical (unpaired) electrons. The minimum absolute atomic E-state index is 0.0339. The number of anilines is 2. The first-order valence-electron chi connectivity index (χ1n) is 8.80. The predicted octanol–water partition coefficient (Wildman–Crippen LogP) is 2.27. The minimum atomic E-state index is -0.173. The van der Waals surface area contributed by atoms with Crippen LogP contribution >= 0.6 is 0 Å². The molecule has 2 heterocycles. The Balaban J connectivity index is 1.38. The van der Waals surface area contributed by atoms with Gasteiger partial charge in [-0.2, -0.15) is 0 Å². The number of carbonyl (C=O) groups is 2. The van der Waals surface area contributed by atoms with Crippen molar-refractivity contribution < 1.29 is 14.3 Å². The third kappa shape index (κ3) is 3.76. The number of hydrogen-bond acceptors (Lipinski definition) is 4. The van der Waals surface area contributed by atoms with E-state index in [0.717, 1.165) is 49.8 Å². The molecule has 2 N–H and O–H groups in total. The van der Waals surface area contributed by atoms with Gasteiger partial charge >= 0.3 is 0 Å². The van der Waals surface area contributed by atoms with Gasteiger partial charge in [0.2, 0.25) is 5.91 Å². The molecule has 6 heteroatoms. The molecule has 6 nitrogen and oxygen atoms in total. The third-order valence-electron chi connectivity index (χ3n) is 4.71. The van der Waals surface area contributed by atoms with Crippen molar-refractivity contribution in [2.45, 2.75) is 13.0 Å². The van der Waals surface area contributed by atoms with Crippen LogP contribution in [0.25, 0.3) is 0 Å². The lowest BCUT2D eigenvalue weighted by atomic mass is 10.1. The fourth-order valence-electron chi connectivity index (χ4n) is 3.28. The van der Waals surface area contributed by atoms with Crippen LogP contribution in [0, 0.1) is 0 Å². The summed E-state index contributed by atoms with van der Waals surface area (Å²) >= 11 is 0. The molecule has 0 atom stereocenters. The molecule has 0 spiro atoms. The Morgan fingerprint density at radius 1 is 1.12 bits per heavy atom. The third-order valence-corrected chi connectivity index (χ3v) is 4.71. The molecule has 0 unspecified atom stereocenters. The van der Waals surface area contributed by atoms with Crippen LogP contribution < -0.4 is 10.6 Å². The van der Waals surface area contributed by atoms with E-state index in [1.165, 1.54) is 5.56 Å². The molecule has 1 fully saturated rings. The Hall–Kier alpha value is -2.70. The van der Waals surface area contributed by atoms with Gasteiger partial charge in [-0.3, -0.25) is 14.5 Å². The highest BCUT2D eigenvalue weighted by atomic mass is 16.5. The van der Waals surface area contributed by atoms with Crippen LogP contribution in [-0.4, -0.2) is 43.0 Å². The summed E-state index contributed by atoms with van der Waals surface area (Å²) < 4.78 is 5.36. The molecule has 1 saturated heterocycles. The van der Waals surface area contributed by atoms with Crippen molar-refractivity contribution in [2.24, 2.45) is 0 Å². The van der Waals surface area contributed by atoms with Crippen LogP contribution in [0.2, 0.25) is 0 Å². The lowest BCUT2D eigenvalue weighted by Crippen LogP contribution is -2.35. The second-order valence-corrected chi connectivity index (χ2v) is 6.64. The molecule has 2 aliphatic heterocycles. The SMILES string of the molecule is O=C1Cc2cc(C(=O)Nc3ccc(CN4CCOCC4)cc3)ccc2N1. The van der Waals surface area contributed by atoms with Gasteiger partial charge in [-0.15, -0.1) is 0 Å². The molecule has 2 aromatic rings. The first-order chi connectivity index (χ1) is 12.7. The molecule has 2 amide bonds. The Labute approximate surface area is 152 Å². The van der Waals surface area contributed by atoms with Crippen molar-refractivity contribution in [2.75, 3.05) is 36.9 Å². The van der Waals surface area contributed by atoms with E-state index in [-0.39, 0.29) is 11.8 Å². The maximum Gasteiger partial charge on any atom is 0.255 e.